The third-order valence-corrected chi connectivity index (χ3v) is 15.0. The number of alkyl halides is 6. The number of carboxylic acid groups (broad SMARTS) is 1. The second-order valence-electron chi connectivity index (χ2n) is 17.6. The number of carboxylic acids is 1. The minimum Gasteiger partial charge on any atom is -0.481 e. The number of carbonyl (C=O) groups excluding carboxylic acids is 1. The molecule has 0 aromatic carbocycles. The molecule has 0 aromatic rings. The minimum atomic E-state index is -5.84. The van der Waals surface area contributed by atoms with E-state index < -0.39 is 63.6 Å². The molecule has 0 aromatic heterocycles. The van der Waals surface area contributed by atoms with E-state index in [1.807, 2.05) is 13.0 Å². The molecule has 262 valence electrons. The predicted octanol–water partition coefficient (Wildman–Crippen LogP) is 8.89. The van der Waals surface area contributed by atoms with E-state index in [1.54, 1.807) is 13.8 Å². The number of rotatable bonds is 3. The van der Waals surface area contributed by atoms with Crippen LogP contribution in [0, 0.1) is 56.2 Å². The Bertz CT molecular complexity index is 1310. The van der Waals surface area contributed by atoms with Crippen molar-refractivity contribution in [3.8, 4) is 0 Å². The van der Waals surface area contributed by atoms with Crippen molar-refractivity contribution in [3.63, 3.8) is 0 Å². The lowest BCUT2D eigenvalue weighted by Crippen LogP contribution is -2.67. The first kappa shape index (κ1) is 35.5. The number of hydrogen-bond donors (Lipinski definition) is 2. The monoisotopic (exact) mass is 664 g/mol. The summed E-state index contributed by atoms with van der Waals surface area (Å²) in [6.45, 7) is 13.9. The summed E-state index contributed by atoms with van der Waals surface area (Å²) in [5.41, 5.74) is -6.75. The van der Waals surface area contributed by atoms with Gasteiger partial charge in [-0.05, 0) is 111 Å². The molecule has 0 saturated heterocycles. The Labute approximate surface area is 267 Å². The van der Waals surface area contributed by atoms with E-state index in [0.29, 0.717) is 32.1 Å². The van der Waals surface area contributed by atoms with Crippen LogP contribution in [0.2, 0.25) is 0 Å². The molecule has 2 unspecified atom stereocenters. The number of aliphatic hydroxyl groups excluding tert-OH is 1. The van der Waals surface area contributed by atoms with Gasteiger partial charge in [0, 0.05) is 5.92 Å². The van der Waals surface area contributed by atoms with E-state index in [-0.39, 0.29) is 41.9 Å². The molecule has 5 aliphatic carbocycles. The molecule has 5 aliphatic rings. The lowest BCUT2D eigenvalue weighted by atomic mass is 9.33. The maximum atomic E-state index is 13.6. The fraction of sp³-hybridized carbons (Fsp3) is 0.886. The molecule has 10 atom stereocenters. The van der Waals surface area contributed by atoms with E-state index in [0.717, 1.165) is 24.8 Å². The van der Waals surface area contributed by atoms with Gasteiger partial charge in [-0.1, -0.05) is 53.2 Å². The van der Waals surface area contributed by atoms with Gasteiger partial charge in [0.05, 0.1) is 17.4 Å². The van der Waals surface area contributed by atoms with Gasteiger partial charge in [-0.2, -0.15) is 26.3 Å². The number of allylic oxidation sites excluding steroid dienone is 1. The standard InChI is InChI=1S/C35H50F6O5/c1-27(2)19(25(43)46-33(8,34(36,37)38)35(39,40)41)9-11-30(5)23(27)10-12-32(7)24(30)22(42)17-20-21-18-29(4,26(44)45)14-13-28(21,3)15-16-31(20,32)6/h17,19,21-24,42H,9-16,18H2,1-8H3,(H,44,45)/t19-,21?,22?,23+,24-,28-,29+,30+,31-,32-/m1/s1. The van der Waals surface area contributed by atoms with Crippen molar-refractivity contribution in [2.75, 3.05) is 0 Å². The molecule has 0 amide bonds. The Morgan fingerprint density at radius 1 is 0.848 bits per heavy atom. The van der Waals surface area contributed by atoms with Crippen molar-refractivity contribution < 1.29 is 50.9 Å². The van der Waals surface area contributed by atoms with Crippen molar-refractivity contribution in [2.24, 2.45) is 56.2 Å². The van der Waals surface area contributed by atoms with Gasteiger partial charge in [0.1, 0.15) is 0 Å². The van der Waals surface area contributed by atoms with Gasteiger partial charge in [-0.3, -0.25) is 9.59 Å². The van der Waals surface area contributed by atoms with Crippen molar-refractivity contribution in [1.82, 2.24) is 0 Å². The molecular formula is C35H50F6O5. The highest BCUT2D eigenvalue weighted by Gasteiger charge is 2.73. The van der Waals surface area contributed by atoms with E-state index in [4.69, 9.17) is 0 Å². The number of aliphatic carboxylic acids is 1. The fourth-order valence-electron chi connectivity index (χ4n) is 11.6. The number of fused-ring (bicyclic) bond motifs is 7. The van der Waals surface area contributed by atoms with Gasteiger partial charge < -0.3 is 14.9 Å². The summed E-state index contributed by atoms with van der Waals surface area (Å²) in [5.74, 6) is -4.05. The van der Waals surface area contributed by atoms with Crippen LogP contribution in [0.1, 0.15) is 113 Å². The molecule has 2 N–H and O–H groups in total. The highest BCUT2D eigenvalue weighted by molar-refractivity contribution is 5.75. The molecule has 4 saturated carbocycles. The number of halogens is 6. The summed E-state index contributed by atoms with van der Waals surface area (Å²) in [7, 11) is 0. The van der Waals surface area contributed by atoms with Crippen molar-refractivity contribution in [3.05, 3.63) is 11.6 Å². The van der Waals surface area contributed by atoms with Crippen molar-refractivity contribution in [1.29, 1.82) is 0 Å². The molecule has 0 spiro atoms. The van der Waals surface area contributed by atoms with E-state index in [9.17, 15) is 46.1 Å². The lowest BCUT2D eigenvalue weighted by Gasteiger charge is -2.72. The van der Waals surface area contributed by atoms with Crippen LogP contribution in [0.5, 0.6) is 0 Å². The third kappa shape index (κ3) is 4.57. The molecule has 46 heavy (non-hydrogen) atoms. The largest absolute Gasteiger partial charge is 0.481 e. The van der Waals surface area contributed by atoms with Gasteiger partial charge in [0.25, 0.3) is 5.60 Å². The number of carbonyl (C=O) groups is 2. The Balaban J connectivity index is 1.50. The van der Waals surface area contributed by atoms with E-state index in [1.165, 1.54) is 0 Å². The maximum Gasteiger partial charge on any atom is 0.437 e. The molecule has 5 nitrogen and oxygen atoms in total. The van der Waals surface area contributed by atoms with Crippen LogP contribution >= 0.6 is 0 Å². The summed E-state index contributed by atoms with van der Waals surface area (Å²) in [6, 6.07) is 0. The zero-order valence-electron chi connectivity index (χ0n) is 28.2. The van der Waals surface area contributed by atoms with Crippen molar-refractivity contribution >= 4 is 11.9 Å². The minimum absolute atomic E-state index is 0.00224. The number of ether oxygens (including phenoxy) is 1. The highest BCUT2D eigenvalue weighted by Crippen LogP contribution is 2.76. The van der Waals surface area contributed by atoms with E-state index >= 15 is 0 Å². The first-order valence-electron chi connectivity index (χ1n) is 16.6. The molecule has 11 heteroatoms. The molecule has 0 heterocycles. The summed E-state index contributed by atoms with van der Waals surface area (Å²) in [6.07, 6.45) is -5.29. The molecule has 0 aliphatic heterocycles. The molecule has 0 bridgehead atoms. The first-order chi connectivity index (χ1) is 20.6. The number of hydrogen-bond acceptors (Lipinski definition) is 4. The SMILES string of the molecule is CC1(C)[C@@H](C(=O)OC(C)(C(F)(F)F)C(F)(F)F)CC[C@]2(C)[C@H]3C(O)C=C4C5C[C@@](C)(C(=O)O)CC[C@]5(C)CC[C@@]4(C)[C@]3(C)CC[C@@H]12. The Morgan fingerprint density at radius 3 is 1.96 bits per heavy atom. The van der Waals surface area contributed by atoms with Gasteiger partial charge in [0.15, 0.2) is 0 Å². The Hall–Kier alpha value is -1.78. The number of esters is 1. The summed E-state index contributed by atoms with van der Waals surface area (Å²) in [5, 5.41) is 22.2. The average Bonchev–Trinajstić information content (AvgIpc) is 2.89. The third-order valence-electron chi connectivity index (χ3n) is 15.0. The van der Waals surface area contributed by atoms with Crippen LogP contribution in [0.25, 0.3) is 0 Å². The van der Waals surface area contributed by atoms with Crippen LogP contribution < -0.4 is 0 Å². The highest BCUT2D eigenvalue weighted by atomic mass is 19.4. The molecule has 5 rings (SSSR count). The van der Waals surface area contributed by atoms with Crippen LogP contribution in [-0.4, -0.2) is 46.2 Å². The summed E-state index contributed by atoms with van der Waals surface area (Å²) < 4.78 is 86.3. The van der Waals surface area contributed by atoms with Crippen molar-refractivity contribution in [2.45, 2.75) is 137 Å². The molecule has 0 radical (unpaired) electrons. The van der Waals surface area contributed by atoms with Gasteiger partial charge in [0.2, 0.25) is 0 Å². The average molecular weight is 665 g/mol. The zero-order valence-corrected chi connectivity index (χ0v) is 28.2. The van der Waals surface area contributed by atoms with Crippen LogP contribution in [-0.2, 0) is 14.3 Å². The van der Waals surface area contributed by atoms with Gasteiger partial charge in [-0.25, -0.2) is 0 Å². The number of aliphatic hydroxyl groups is 1. The topological polar surface area (TPSA) is 83.8 Å². The Kier molecular flexibility index (Phi) is 7.82. The lowest BCUT2D eigenvalue weighted by molar-refractivity contribution is -0.365. The second-order valence-corrected chi connectivity index (χ2v) is 17.6. The quantitative estimate of drug-likeness (QED) is 0.179. The van der Waals surface area contributed by atoms with Crippen LogP contribution in [0.3, 0.4) is 0 Å². The Morgan fingerprint density at radius 2 is 1.41 bits per heavy atom. The second kappa shape index (κ2) is 10.1. The van der Waals surface area contributed by atoms with Gasteiger partial charge >= 0.3 is 24.3 Å². The normalized spacial score (nSPS) is 45.7. The van der Waals surface area contributed by atoms with Crippen LogP contribution in [0.4, 0.5) is 26.3 Å². The summed E-state index contributed by atoms with van der Waals surface area (Å²) in [4.78, 5) is 25.6. The van der Waals surface area contributed by atoms with Crippen LogP contribution in [0.15, 0.2) is 11.6 Å². The molecule has 4 fully saturated rings. The fourth-order valence-corrected chi connectivity index (χ4v) is 11.6. The van der Waals surface area contributed by atoms with E-state index in [2.05, 4.69) is 32.4 Å². The first-order valence-corrected chi connectivity index (χ1v) is 16.6. The predicted molar refractivity (Wildman–Crippen MR) is 158 cm³/mol. The molecular weight excluding hydrogens is 614 g/mol. The van der Waals surface area contributed by atoms with Gasteiger partial charge in [-0.15, -0.1) is 0 Å². The summed E-state index contributed by atoms with van der Waals surface area (Å²) >= 11 is 0. The smallest absolute Gasteiger partial charge is 0.437 e. The zero-order chi connectivity index (χ0) is 34.9. The maximum absolute atomic E-state index is 13.6.